The molecule has 0 heterocycles. The molecule has 166 valence electrons. The van der Waals surface area contributed by atoms with E-state index in [2.05, 4.69) is 0 Å². The summed E-state index contributed by atoms with van der Waals surface area (Å²) >= 11 is 0. The van der Waals surface area contributed by atoms with Gasteiger partial charge in [-0.05, 0) is 26.7 Å². The molecule has 0 aromatic carbocycles. The summed E-state index contributed by atoms with van der Waals surface area (Å²) in [5.41, 5.74) is 0. The van der Waals surface area contributed by atoms with Crippen molar-refractivity contribution < 1.29 is 27.9 Å². The molecule has 0 aromatic rings. The third kappa shape index (κ3) is 17.4. The molecule has 0 rings (SSSR count). The van der Waals surface area contributed by atoms with Gasteiger partial charge in [-0.25, -0.2) is 0 Å². The molecule has 0 aliphatic rings. The highest BCUT2D eigenvalue weighted by molar-refractivity contribution is 7.54. The third-order valence-corrected chi connectivity index (χ3v) is 6.40. The first-order chi connectivity index (χ1) is 13.6. The average molecular weight is 421 g/mol. The van der Waals surface area contributed by atoms with Crippen LogP contribution in [0.4, 0.5) is 0 Å². The van der Waals surface area contributed by atoms with E-state index >= 15 is 0 Å². The van der Waals surface area contributed by atoms with Gasteiger partial charge in [0.2, 0.25) is 0 Å². The molecule has 0 aliphatic heterocycles. The standard InChI is InChI=1S/C21H41O6P/c1-3-26-28(24,27-4-2)20-21(23)25-19-17-15-13-11-9-7-5-6-8-10-12-14-16-18-22/h18H,3-17,19-20H2,1-2H3. The highest BCUT2D eigenvalue weighted by Crippen LogP contribution is 2.47. The molecule has 0 unspecified atom stereocenters. The lowest BCUT2D eigenvalue weighted by Gasteiger charge is -2.16. The summed E-state index contributed by atoms with van der Waals surface area (Å²) in [5.74, 6) is -0.517. The Morgan fingerprint density at radius 1 is 0.750 bits per heavy atom. The van der Waals surface area contributed by atoms with Crippen molar-refractivity contribution in [2.24, 2.45) is 0 Å². The Balaban J connectivity index is 3.44. The minimum absolute atomic E-state index is 0.242. The van der Waals surface area contributed by atoms with Gasteiger partial charge in [0.05, 0.1) is 19.8 Å². The van der Waals surface area contributed by atoms with Gasteiger partial charge in [0.15, 0.2) is 0 Å². The van der Waals surface area contributed by atoms with E-state index in [1.165, 1.54) is 51.4 Å². The van der Waals surface area contributed by atoms with Crippen LogP contribution in [0.5, 0.6) is 0 Å². The molecule has 0 bridgehead atoms. The Kier molecular flexibility index (Phi) is 19.1. The molecule has 28 heavy (non-hydrogen) atoms. The van der Waals surface area contributed by atoms with E-state index in [1.807, 2.05) is 0 Å². The van der Waals surface area contributed by atoms with E-state index in [-0.39, 0.29) is 19.4 Å². The Morgan fingerprint density at radius 2 is 1.18 bits per heavy atom. The summed E-state index contributed by atoms with van der Waals surface area (Å²) in [6.45, 7) is 4.28. The Labute approximate surface area is 171 Å². The van der Waals surface area contributed by atoms with Gasteiger partial charge < -0.3 is 18.6 Å². The number of esters is 1. The molecule has 0 amide bonds. The summed E-state index contributed by atoms with van der Waals surface area (Å²) in [5, 5.41) is 0. The number of ether oxygens (including phenoxy) is 1. The number of aldehydes is 1. The predicted octanol–water partition coefficient (Wildman–Crippen LogP) is 6.07. The molecular weight excluding hydrogens is 379 g/mol. The molecule has 0 aliphatic carbocycles. The van der Waals surface area contributed by atoms with E-state index in [1.54, 1.807) is 13.8 Å². The maximum atomic E-state index is 12.2. The van der Waals surface area contributed by atoms with Gasteiger partial charge in [-0.3, -0.25) is 9.36 Å². The lowest BCUT2D eigenvalue weighted by molar-refractivity contribution is -0.141. The van der Waals surface area contributed by atoms with E-state index < -0.39 is 13.6 Å². The first kappa shape index (κ1) is 27.3. The second kappa shape index (κ2) is 19.6. The molecular formula is C21H41O6P. The van der Waals surface area contributed by atoms with Gasteiger partial charge in [-0.1, -0.05) is 64.2 Å². The van der Waals surface area contributed by atoms with Crippen LogP contribution in [0, 0.1) is 0 Å². The summed E-state index contributed by atoms with van der Waals surface area (Å²) < 4.78 is 27.6. The number of hydrogen-bond acceptors (Lipinski definition) is 6. The van der Waals surface area contributed by atoms with Crippen molar-refractivity contribution in [1.82, 2.24) is 0 Å². The van der Waals surface area contributed by atoms with Crippen molar-refractivity contribution in [3.63, 3.8) is 0 Å². The molecule has 6 nitrogen and oxygen atoms in total. The fourth-order valence-corrected chi connectivity index (χ4v) is 4.46. The molecule has 0 atom stereocenters. The van der Waals surface area contributed by atoms with Gasteiger partial charge in [-0.2, -0.15) is 0 Å². The minimum Gasteiger partial charge on any atom is -0.465 e. The zero-order valence-corrected chi connectivity index (χ0v) is 18.9. The fraction of sp³-hybridized carbons (Fsp3) is 0.905. The normalized spacial score (nSPS) is 11.5. The van der Waals surface area contributed by atoms with E-state index in [4.69, 9.17) is 13.8 Å². The van der Waals surface area contributed by atoms with Gasteiger partial charge in [0, 0.05) is 6.42 Å². The van der Waals surface area contributed by atoms with Gasteiger partial charge >= 0.3 is 13.6 Å². The maximum Gasteiger partial charge on any atom is 0.341 e. The minimum atomic E-state index is -3.35. The number of carbonyl (C=O) groups is 2. The van der Waals surface area contributed by atoms with Crippen LogP contribution in [0.1, 0.15) is 97.3 Å². The van der Waals surface area contributed by atoms with Crippen molar-refractivity contribution in [3.05, 3.63) is 0 Å². The lowest BCUT2D eigenvalue weighted by Crippen LogP contribution is -2.14. The van der Waals surface area contributed by atoms with Crippen LogP contribution in [0.2, 0.25) is 0 Å². The monoisotopic (exact) mass is 420 g/mol. The smallest absolute Gasteiger partial charge is 0.341 e. The molecule has 0 saturated heterocycles. The Hall–Kier alpha value is -0.710. The van der Waals surface area contributed by atoms with Crippen molar-refractivity contribution in [3.8, 4) is 0 Å². The zero-order valence-electron chi connectivity index (χ0n) is 18.0. The number of hydrogen-bond donors (Lipinski definition) is 0. The highest BCUT2D eigenvalue weighted by atomic mass is 31.2. The largest absolute Gasteiger partial charge is 0.465 e. The second-order valence-corrected chi connectivity index (χ2v) is 9.08. The summed E-state index contributed by atoms with van der Waals surface area (Å²) in [4.78, 5) is 22.0. The molecule has 0 N–H and O–H groups in total. The highest BCUT2D eigenvalue weighted by Gasteiger charge is 2.28. The van der Waals surface area contributed by atoms with Crippen LogP contribution in [-0.2, 0) is 27.9 Å². The number of carbonyl (C=O) groups excluding carboxylic acids is 2. The first-order valence-electron chi connectivity index (χ1n) is 11.0. The van der Waals surface area contributed by atoms with Crippen molar-refractivity contribution in [1.29, 1.82) is 0 Å². The SMILES string of the molecule is CCOP(=O)(CC(=O)OCCCCCCCCCCCCCCC=O)OCC. The molecule has 0 saturated carbocycles. The summed E-state index contributed by atoms with van der Waals surface area (Å²) in [6.07, 6.45) is 15.5. The quantitative estimate of drug-likeness (QED) is 0.0971. The lowest BCUT2D eigenvalue weighted by atomic mass is 10.0. The van der Waals surface area contributed by atoms with Crippen molar-refractivity contribution in [2.75, 3.05) is 26.0 Å². The first-order valence-corrected chi connectivity index (χ1v) is 12.8. The third-order valence-electron chi connectivity index (χ3n) is 4.45. The van der Waals surface area contributed by atoms with Gasteiger partial charge in [-0.15, -0.1) is 0 Å². The Bertz CT molecular complexity index is 417. The van der Waals surface area contributed by atoms with Crippen molar-refractivity contribution >= 4 is 19.9 Å². The van der Waals surface area contributed by atoms with Crippen LogP contribution in [-0.4, -0.2) is 38.2 Å². The Morgan fingerprint density at radius 3 is 1.61 bits per heavy atom. The van der Waals surface area contributed by atoms with Crippen LogP contribution in [0.25, 0.3) is 0 Å². The molecule has 7 heteroatoms. The number of unbranched alkanes of at least 4 members (excludes halogenated alkanes) is 12. The van der Waals surface area contributed by atoms with Gasteiger partial charge in [0.1, 0.15) is 12.4 Å². The van der Waals surface area contributed by atoms with Gasteiger partial charge in [0.25, 0.3) is 0 Å². The average Bonchev–Trinajstić information content (AvgIpc) is 2.65. The summed E-state index contributed by atoms with van der Waals surface area (Å²) in [6, 6.07) is 0. The molecule has 0 aromatic heterocycles. The molecule has 0 spiro atoms. The second-order valence-electron chi connectivity index (χ2n) is 7.02. The van der Waals surface area contributed by atoms with E-state index in [0.717, 1.165) is 32.0 Å². The molecule has 0 fully saturated rings. The van der Waals surface area contributed by atoms with Crippen LogP contribution in [0.15, 0.2) is 0 Å². The van der Waals surface area contributed by atoms with E-state index in [9.17, 15) is 14.2 Å². The van der Waals surface area contributed by atoms with Crippen LogP contribution >= 0.6 is 7.60 Å². The van der Waals surface area contributed by atoms with E-state index in [0.29, 0.717) is 13.0 Å². The van der Waals surface area contributed by atoms with Crippen LogP contribution < -0.4 is 0 Å². The molecule has 0 radical (unpaired) electrons. The fourth-order valence-electron chi connectivity index (χ4n) is 3.01. The summed E-state index contributed by atoms with van der Waals surface area (Å²) in [7, 11) is -3.35. The topological polar surface area (TPSA) is 78.9 Å². The number of rotatable bonds is 21. The van der Waals surface area contributed by atoms with Crippen molar-refractivity contribution in [2.45, 2.75) is 97.3 Å². The predicted molar refractivity (Wildman–Crippen MR) is 113 cm³/mol. The van der Waals surface area contributed by atoms with Crippen LogP contribution in [0.3, 0.4) is 0 Å². The zero-order chi connectivity index (χ0) is 20.9. The maximum absolute atomic E-state index is 12.2.